The molecule has 2 fully saturated rings. The van der Waals surface area contributed by atoms with Gasteiger partial charge in [0, 0.05) is 13.2 Å². The maximum Gasteiger partial charge on any atom is 0.246 e. The fourth-order valence-electron chi connectivity index (χ4n) is 2.46. The second-order valence-electron chi connectivity index (χ2n) is 5.69. The number of nitrogens with one attached hydrogen (secondary N) is 2. The predicted molar refractivity (Wildman–Crippen MR) is 98.1 cm³/mol. The molecule has 0 radical (unpaired) electrons. The number of aliphatic hydroxyl groups is 2. The molecule has 8 nitrogen and oxygen atoms in total. The maximum absolute atomic E-state index is 10.7. The van der Waals surface area contributed by atoms with Crippen LogP contribution >= 0.6 is 0 Å². The smallest absolute Gasteiger partial charge is 0.246 e. The summed E-state index contributed by atoms with van der Waals surface area (Å²) in [5.74, 6) is -0.624. The Balaban J connectivity index is 0. The van der Waals surface area contributed by atoms with Crippen molar-refractivity contribution in [3.8, 4) is 0 Å². The monoisotopic (exact) mass is 363 g/mol. The van der Waals surface area contributed by atoms with Crippen LogP contribution in [-0.2, 0) is 14.3 Å². The molecule has 0 aliphatic carbocycles. The van der Waals surface area contributed by atoms with E-state index in [1.54, 1.807) is 0 Å². The second kappa shape index (κ2) is 16.3. The first-order valence-corrected chi connectivity index (χ1v) is 8.24. The summed E-state index contributed by atoms with van der Waals surface area (Å²) in [6.07, 6.45) is 5.96. The molecule has 0 bridgehead atoms. The Hall–Kier alpha value is -1.22. The van der Waals surface area contributed by atoms with Crippen molar-refractivity contribution in [1.29, 1.82) is 0 Å². The van der Waals surface area contributed by atoms with E-state index in [0.717, 1.165) is 32.5 Å². The number of piperidine rings is 1. The van der Waals surface area contributed by atoms with E-state index in [-0.39, 0.29) is 32.8 Å². The molecule has 1 unspecified atom stereocenters. The summed E-state index contributed by atoms with van der Waals surface area (Å²) in [4.78, 5) is 23.4. The van der Waals surface area contributed by atoms with Crippen LogP contribution in [0.2, 0.25) is 0 Å². The van der Waals surface area contributed by atoms with Gasteiger partial charge in [0.1, 0.15) is 13.2 Å². The molecular formula is C17H37N3O5. The first kappa shape index (κ1) is 26.0. The van der Waals surface area contributed by atoms with Crippen molar-refractivity contribution >= 4 is 11.8 Å². The van der Waals surface area contributed by atoms with E-state index in [9.17, 15) is 9.59 Å². The van der Waals surface area contributed by atoms with E-state index in [2.05, 4.69) is 15.5 Å². The van der Waals surface area contributed by atoms with Gasteiger partial charge in [-0.25, -0.2) is 0 Å². The Bertz CT molecular complexity index is 343. The summed E-state index contributed by atoms with van der Waals surface area (Å²) in [5, 5.41) is 22.0. The van der Waals surface area contributed by atoms with Crippen LogP contribution in [0.4, 0.5) is 0 Å². The van der Waals surface area contributed by atoms with Crippen LogP contribution in [0.15, 0.2) is 0 Å². The molecule has 25 heavy (non-hydrogen) atoms. The van der Waals surface area contributed by atoms with E-state index in [1.165, 1.54) is 19.3 Å². The lowest BCUT2D eigenvalue weighted by atomic mass is 10.1. The van der Waals surface area contributed by atoms with Crippen molar-refractivity contribution in [2.45, 2.75) is 53.1 Å². The van der Waals surface area contributed by atoms with Crippen molar-refractivity contribution < 1.29 is 24.5 Å². The van der Waals surface area contributed by atoms with Gasteiger partial charge in [0.15, 0.2) is 0 Å². The molecule has 2 rings (SSSR count). The van der Waals surface area contributed by atoms with Gasteiger partial charge < -0.3 is 25.6 Å². The Morgan fingerprint density at radius 2 is 1.56 bits per heavy atom. The molecule has 0 saturated carbocycles. The number of hydrogen-bond acceptors (Lipinski definition) is 6. The van der Waals surface area contributed by atoms with Gasteiger partial charge in [-0.1, -0.05) is 21.3 Å². The zero-order valence-electron chi connectivity index (χ0n) is 13.6. The van der Waals surface area contributed by atoms with E-state index in [1.807, 2.05) is 0 Å². The first-order chi connectivity index (χ1) is 11.2. The molecule has 0 spiro atoms. The lowest BCUT2D eigenvalue weighted by Gasteiger charge is -2.26. The van der Waals surface area contributed by atoms with Crippen LogP contribution in [0.5, 0.6) is 0 Å². The van der Waals surface area contributed by atoms with Crippen molar-refractivity contribution in [2.75, 3.05) is 46.1 Å². The quantitative estimate of drug-likeness (QED) is 0.532. The number of carbonyl (C=O) groups excluding carboxylic acids is 2. The number of nitrogens with zero attached hydrogens (tertiary/aromatic N) is 1. The average molecular weight is 363 g/mol. The number of hydrogen-bond donors (Lipinski definition) is 4. The highest BCUT2D eigenvalue weighted by molar-refractivity contribution is 5.77. The van der Waals surface area contributed by atoms with Crippen LogP contribution in [0.3, 0.4) is 0 Å². The Morgan fingerprint density at radius 3 is 2.08 bits per heavy atom. The molecule has 2 saturated heterocycles. The van der Waals surface area contributed by atoms with Crippen molar-refractivity contribution in [3.05, 3.63) is 0 Å². The van der Waals surface area contributed by atoms with Gasteiger partial charge >= 0.3 is 0 Å². The van der Waals surface area contributed by atoms with Gasteiger partial charge in [0.05, 0.1) is 12.8 Å². The minimum atomic E-state index is -0.438. The third kappa shape index (κ3) is 12.7. The van der Waals surface area contributed by atoms with E-state index >= 15 is 0 Å². The molecule has 4 N–H and O–H groups in total. The van der Waals surface area contributed by atoms with Gasteiger partial charge in [-0.2, -0.15) is 0 Å². The van der Waals surface area contributed by atoms with E-state index in [0.29, 0.717) is 13.2 Å². The molecule has 0 aromatic heterocycles. The predicted octanol–water partition coefficient (Wildman–Crippen LogP) is 0.0844. The first-order valence-electron chi connectivity index (χ1n) is 8.24. The standard InChI is InChI=1S/C8H16N2O2.C7H13NO3.2CH4/c11-6-8(12)9-7-10-4-2-1-3-5-10;9-5-7(10)8-4-6-2-1-3-11-6;;/h11H,1-7H2,(H,9,12);6,9H,1-5H2,(H,8,10);2*1H4. The zero-order valence-corrected chi connectivity index (χ0v) is 13.6. The zero-order chi connectivity index (χ0) is 16.9. The average Bonchev–Trinajstić information content (AvgIpc) is 3.12. The lowest BCUT2D eigenvalue weighted by molar-refractivity contribution is -0.125. The highest BCUT2D eigenvalue weighted by Gasteiger charge is 2.15. The Kier molecular flexibility index (Phi) is 16.9. The number of likely N-dealkylation sites (tertiary alicyclic amines) is 1. The van der Waals surface area contributed by atoms with Gasteiger partial charge in [-0.05, 0) is 38.8 Å². The molecule has 0 aromatic rings. The summed E-state index contributed by atoms with van der Waals surface area (Å²) < 4.78 is 5.25. The van der Waals surface area contributed by atoms with Gasteiger partial charge in [0.25, 0.3) is 0 Å². The number of aliphatic hydroxyl groups excluding tert-OH is 2. The SMILES string of the molecule is C.C.O=C(CO)NCC1CCCO1.O=C(CO)NCN1CCCCC1. The number of carbonyl (C=O) groups is 2. The van der Waals surface area contributed by atoms with E-state index in [4.69, 9.17) is 14.9 Å². The normalized spacial score (nSPS) is 19.5. The summed E-state index contributed by atoms with van der Waals surface area (Å²) in [7, 11) is 0. The molecule has 2 amide bonds. The summed E-state index contributed by atoms with van der Waals surface area (Å²) >= 11 is 0. The highest BCUT2D eigenvalue weighted by atomic mass is 16.5. The van der Waals surface area contributed by atoms with Crippen LogP contribution < -0.4 is 10.6 Å². The van der Waals surface area contributed by atoms with Crippen LogP contribution in [0.25, 0.3) is 0 Å². The van der Waals surface area contributed by atoms with Crippen LogP contribution in [-0.4, -0.2) is 79.2 Å². The topological polar surface area (TPSA) is 111 Å². The maximum atomic E-state index is 10.7. The molecule has 150 valence electrons. The van der Waals surface area contributed by atoms with Gasteiger partial charge in [-0.3, -0.25) is 14.5 Å². The summed E-state index contributed by atoms with van der Waals surface area (Å²) in [5.41, 5.74) is 0. The van der Waals surface area contributed by atoms with E-state index < -0.39 is 13.2 Å². The molecule has 2 aliphatic rings. The Labute approximate surface area is 151 Å². The molecule has 1 atom stereocenters. The van der Waals surface area contributed by atoms with Crippen molar-refractivity contribution in [2.24, 2.45) is 0 Å². The third-order valence-corrected chi connectivity index (χ3v) is 3.79. The fraction of sp³-hybridized carbons (Fsp3) is 0.882. The minimum absolute atomic E-state index is 0. The second-order valence-corrected chi connectivity index (χ2v) is 5.69. The number of rotatable bonds is 6. The van der Waals surface area contributed by atoms with Crippen LogP contribution in [0, 0.1) is 0 Å². The fourth-order valence-corrected chi connectivity index (χ4v) is 2.46. The molecular weight excluding hydrogens is 326 g/mol. The minimum Gasteiger partial charge on any atom is -0.387 e. The molecule has 8 heteroatoms. The molecule has 2 aliphatic heterocycles. The molecule has 2 heterocycles. The summed E-state index contributed by atoms with van der Waals surface area (Å²) in [6.45, 7) is 3.18. The van der Waals surface area contributed by atoms with Crippen molar-refractivity contribution in [3.63, 3.8) is 0 Å². The van der Waals surface area contributed by atoms with Crippen LogP contribution in [0.1, 0.15) is 47.0 Å². The summed E-state index contributed by atoms with van der Waals surface area (Å²) in [6, 6.07) is 0. The van der Waals surface area contributed by atoms with Gasteiger partial charge in [-0.15, -0.1) is 0 Å². The number of ether oxygens (including phenoxy) is 1. The third-order valence-electron chi connectivity index (χ3n) is 3.79. The largest absolute Gasteiger partial charge is 0.387 e. The lowest BCUT2D eigenvalue weighted by Crippen LogP contribution is -2.41. The van der Waals surface area contributed by atoms with Crippen molar-refractivity contribution in [1.82, 2.24) is 15.5 Å². The molecule has 0 aromatic carbocycles. The number of amides is 2. The Morgan fingerprint density at radius 1 is 0.960 bits per heavy atom. The van der Waals surface area contributed by atoms with Gasteiger partial charge in [0.2, 0.25) is 11.8 Å². The highest BCUT2D eigenvalue weighted by Crippen LogP contribution is 2.10.